The van der Waals surface area contributed by atoms with Crippen LogP contribution in [0.15, 0.2) is 183 Å². The van der Waals surface area contributed by atoms with Crippen LogP contribution in [0.5, 0.6) is 0 Å². The molecule has 0 saturated heterocycles. The Bertz CT molecular complexity index is 2600. The smallest absolute Gasteiger partial charge is 0.123 e. The van der Waals surface area contributed by atoms with Gasteiger partial charge in [-0.3, -0.25) is 0 Å². The van der Waals surface area contributed by atoms with E-state index in [1.807, 2.05) is 31.4 Å². The van der Waals surface area contributed by atoms with E-state index in [2.05, 4.69) is 169 Å². The van der Waals surface area contributed by atoms with Gasteiger partial charge in [0, 0.05) is 28.4 Å². The summed E-state index contributed by atoms with van der Waals surface area (Å²) in [4.78, 5) is 2.06. The summed E-state index contributed by atoms with van der Waals surface area (Å²) >= 11 is 0. The Kier molecular flexibility index (Phi) is 10.5. The lowest BCUT2D eigenvalue weighted by molar-refractivity contribution is 0.628. The van der Waals surface area contributed by atoms with Crippen molar-refractivity contribution in [3.05, 3.63) is 228 Å². The van der Waals surface area contributed by atoms with Crippen LogP contribution in [0.1, 0.15) is 87.4 Å². The van der Waals surface area contributed by atoms with Crippen molar-refractivity contribution in [2.75, 3.05) is 4.90 Å². The minimum atomic E-state index is -0.258. The Balaban J connectivity index is 1.09. The predicted molar refractivity (Wildman–Crippen MR) is 245 cm³/mol. The van der Waals surface area contributed by atoms with Crippen molar-refractivity contribution in [3.8, 4) is 22.3 Å². The first-order chi connectivity index (χ1) is 27.2. The third-order valence-electron chi connectivity index (χ3n) is 11.9. The molecule has 5 aromatic rings. The van der Waals surface area contributed by atoms with Gasteiger partial charge in [0.25, 0.3) is 0 Å². The van der Waals surface area contributed by atoms with E-state index in [1.54, 1.807) is 12.1 Å². The molecule has 2 heteroatoms. The number of allylic oxidation sites excluding steroid dienone is 12. The highest BCUT2D eigenvalue weighted by molar-refractivity contribution is 5.88. The van der Waals surface area contributed by atoms with E-state index in [9.17, 15) is 4.39 Å². The summed E-state index contributed by atoms with van der Waals surface area (Å²) in [6, 6.07) is 35.6. The number of anilines is 1. The van der Waals surface area contributed by atoms with Gasteiger partial charge in [-0.15, -0.1) is 0 Å². The van der Waals surface area contributed by atoms with Gasteiger partial charge in [0.15, 0.2) is 0 Å². The van der Waals surface area contributed by atoms with Crippen LogP contribution in [0.3, 0.4) is 0 Å². The van der Waals surface area contributed by atoms with Crippen molar-refractivity contribution < 1.29 is 4.39 Å². The van der Waals surface area contributed by atoms with Gasteiger partial charge in [-0.2, -0.15) is 0 Å². The summed E-state index contributed by atoms with van der Waals surface area (Å²) in [7, 11) is 0. The molecule has 1 nitrogen and oxygen atoms in total. The average Bonchev–Trinajstić information content (AvgIpc) is 3.59. The molecule has 0 radical (unpaired) electrons. The van der Waals surface area contributed by atoms with Gasteiger partial charge in [0.2, 0.25) is 0 Å². The van der Waals surface area contributed by atoms with Gasteiger partial charge in [-0.05, 0) is 153 Å². The molecule has 0 atom stereocenters. The highest BCUT2D eigenvalue weighted by Crippen LogP contribution is 2.51. The highest BCUT2D eigenvalue weighted by atomic mass is 19.1. The fourth-order valence-electron chi connectivity index (χ4n) is 8.26. The molecule has 2 aliphatic carbocycles. The quantitative estimate of drug-likeness (QED) is 0.122. The van der Waals surface area contributed by atoms with Crippen molar-refractivity contribution in [2.24, 2.45) is 0 Å². The van der Waals surface area contributed by atoms with Gasteiger partial charge < -0.3 is 4.90 Å². The van der Waals surface area contributed by atoms with E-state index >= 15 is 0 Å². The molecule has 0 aliphatic heterocycles. The number of halogens is 1. The summed E-state index contributed by atoms with van der Waals surface area (Å²) in [6.07, 6.45) is 16.3. The Morgan fingerprint density at radius 1 is 0.579 bits per heavy atom. The molecule has 57 heavy (non-hydrogen) atoms. The molecule has 5 aromatic carbocycles. The summed E-state index contributed by atoms with van der Waals surface area (Å²) in [5, 5.41) is 0. The van der Waals surface area contributed by atoms with Crippen molar-refractivity contribution in [1.82, 2.24) is 0 Å². The molecule has 0 spiro atoms. The van der Waals surface area contributed by atoms with Gasteiger partial charge in [0.1, 0.15) is 5.82 Å². The van der Waals surface area contributed by atoms with E-state index in [1.165, 1.54) is 62.2 Å². The van der Waals surface area contributed by atoms with Crippen molar-refractivity contribution >= 4 is 22.4 Å². The van der Waals surface area contributed by atoms with E-state index in [4.69, 9.17) is 0 Å². The maximum absolute atomic E-state index is 13.8. The predicted octanol–water partition coefficient (Wildman–Crippen LogP) is 15.2. The van der Waals surface area contributed by atoms with Crippen LogP contribution >= 0.6 is 0 Å². The molecular formula is C55H52FN. The van der Waals surface area contributed by atoms with Crippen molar-refractivity contribution in [3.63, 3.8) is 0 Å². The third-order valence-corrected chi connectivity index (χ3v) is 11.9. The fraction of sp³-hybridized carbons (Fsp3) is 0.164. The van der Waals surface area contributed by atoms with Crippen LogP contribution in [-0.4, -0.2) is 0 Å². The number of nitrogens with zero attached hydrogens (tertiary/aromatic N) is 1. The normalized spacial score (nSPS) is 15.3. The molecule has 284 valence electrons. The number of benzene rings is 5. The van der Waals surface area contributed by atoms with Crippen LogP contribution in [0.2, 0.25) is 0 Å². The van der Waals surface area contributed by atoms with Crippen LogP contribution in [0.25, 0.3) is 39.0 Å². The molecule has 7 rings (SSSR count). The molecule has 2 aliphatic rings. The zero-order valence-electron chi connectivity index (χ0n) is 34.4. The van der Waals surface area contributed by atoms with Gasteiger partial charge >= 0.3 is 0 Å². The Hall–Kier alpha value is -6.25. The second-order valence-corrected chi connectivity index (χ2v) is 16.4. The molecule has 0 aromatic heterocycles. The second-order valence-electron chi connectivity index (χ2n) is 16.4. The molecule has 0 unspecified atom stereocenters. The maximum atomic E-state index is 13.8. The minimum absolute atomic E-state index is 0.0509. The SMILES string of the molecule is C=C/C(C)=C\C=C\N(/C(C)=C/C=C(\C)c1ccc2c(c1)C(C)(C)c1cc(C(=C)/C=C\C(=C)c3ccc4c(c3)C(C)(C)c3ccccc3-4)ccc1-2)c1ccc(F)cc1. The second kappa shape index (κ2) is 15.4. The highest BCUT2D eigenvalue weighted by Gasteiger charge is 2.36. The third kappa shape index (κ3) is 7.41. The Morgan fingerprint density at radius 2 is 1.07 bits per heavy atom. The first kappa shape index (κ1) is 39.0. The summed E-state index contributed by atoms with van der Waals surface area (Å²) in [5.74, 6) is -0.258. The minimum Gasteiger partial charge on any atom is -0.321 e. The van der Waals surface area contributed by atoms with Crippen LogP contribution in [0, 0.1) is 5.82 Å². The first-order valence-electron chi connectivity index (χ1n) is 19.7. The monoisotopic (exact) mass is 745 g/mol. The van der Waals surface area contributed by atoms with E-state index in [0.29, 0.717) is 0 Å². The van der Waals surface area contributed by atoms with E-state index in [0.717, 1.165) is 44.8 Å². The fourth-order valence-corrected chi connectivity index (χ4v) is 8.26. The number of hydrogen-bond donors (Lipinski definition) is 0. The summed E-state index contributed by atoms with van der Waals surface area (Å²) < 4.78 is 13.8. The molecular weight excluding hydrogens is 694 g/mol. The molecule has 0 saturated carbocycles. The Labute approximate surface area is 339 Å². The lowest BCUT2D eigenvalue weighted by Gasteiger charge is -2.23. The first-order valence-corrected chi connectivity index (χ1v) is 19.7. The molecule has 0 bridgehead atoms. The molecule has 0 N–H and O–H groups in total. The van der Waals surface area contributed by atoms with Gasteiger partial charge in [-0.1, -0.05) is 144 Å². The van der Waals surface area contributed by atoms with E-state index < -0.39 is 0 Å². The van der Waals surface area contributed by atoms with Crippen LogP contribution in [0.4, 0.5) is 10.1 Å². The van der Waals surface area contributed by atoms with E-state index in [-0.39, 0.29) is 16.6 Å². The van der Waals surface area contributed by atoms with Crippen LogP contribution < -0.4 is 4.90 Å². The van der Waals surface area contributed by atoms with Crippen molar-refractivity contribution in [2.45, 2.75) is 59.3 Å². The topological polar surface area (TPSA) is 3.24 Å². The zero-order chi connectivity index (χ0) is 40.6. The maximum Gasteiger partial charge on any atom is 0.123 e. The Morgan fingerprint density at radius 3 is 1.63 bits per heavy atom. The molecule has 0 amide bonds. The molecule has 0 heterocycles. The number of fused-ring (bicyclic) bond motifs is 6. The van der Waals surface area contributed by atoms with Gasteiger partial charge in [-0.25, -0.2) is 4.39 Å². The zero-order valence-corrected chi connectivity index (χ0v) is 34.4. The van der Waals surface area contributed by atoms with Gasteiger partial charge in [0.05, 0.1) is 0 Å². The average molecular weight is 746 g/mol. The lowest BCUT2D eigenvalue weighted by Crippen LogP contribution is -2.15. The summed E-state index contributed by atoms with van der Waals surface area (Å²) in [5.41, 5.74) is 19.7. The molecule has 0 fully saturated rings. The lowest BCUT2D eigenvalue weighted by atomic mass is 9.81. The standard InChI is InChI=1S/C55H52FN/c1-11-36(2)15-14-32-57(45-27-25-44(56)26-28-45)40(6)21-20-39(5)43-24-31-49-48-30-23-42(34-52(48)55(9,10)53(49)35-43)38(4)19-18-37(3)41-22-29-47-46-16-12-13-17-50(46)54(7,8)51(47)33-41/h11-35H,1,3-4H2,2,5-10H3/b19-18-,32-14+,36-15-,39-20+,40-21+. The number of rotatable bonds is 11. The number of hydrogen-bond acceptors (Lipinski definition) is 1. The van der Waals surface area contributed by atoms with Crippen LogP contribution in [-0.2, 0) is 10.8 Å². The van der Waals surface area contributed by atoms with Crippen molar-refractivity contribution in [1.29, 1.82) is 0 Å². The largest absolute Gasteiger partial charge is 0.321 e. The summed E-state index contributed by atoms with van der Waals surface area (Å²) in [6.45, 7) is 28.3.